The first-order valence-electron chi connectivity index (χ1n) is 8.32. The predicted molar refractivity (Wildman–Crippen MR) is 93.5 cm³/mol. The smallest absolute Gasteiger partial charge is 0.320 e. The van der Waals surface area contributed by atoms with Crippen LogP contribution in [0.1, 0.15) is 17.5 Å². The maximum absolute atomic E-state index is 13.0. The molecule has 4 rings (SSSR count). The lowest BCUT2D eigenvalue weighted by Crippen LogP contribution is -2.44. The lowest BCUT2D eigenvalue weighted by atomic mass is 9.99. The Kier molecular flexibility index (Phi) is 3.81. The van der Waals surface area contributed by atoms with E-state index in [9.17, 15) is 9.18 Å². The Balaban J connectivity index is 1.48. The highest BCUT2D eigenvalue weighted by Crippen LogP contribution is 2.30. The molecular weight excluding hydrogens is 303 g/mol. The third-order valence-electron chi connectivity index (χ3n) is 4.81. The van der Waals surface area contributed by atoms with Crippen LogP contribution < -0.4 is 4.90 Å². The number of hydrogen-bond acceptors (Lipinski definition) is 1. The number of carbonyl (C=O) groups is 1. The van der Waals surface area contributed by atoms with E-state index in [-0.39, 0.29) is 11.8 Å². The number of halogens is 1. The van der Waals surface area contributed by atoms with Gasteiger partial charge in [-0.2, -0.15) is 0 Å². The summed E-state index contributed by atoms with van der Waals surface area (Å²) in [7, 11) is 0. The van der Waals surface area contributed by atoms with E-state index >= 15 is 0 Å². The number of hydrogen-bond donors (Lipinski definition) is 0. The number of fused-ring (bicyclic) bond motifs is 1. The zero-order valence-corrected chi connectivity index (χ0v) is 13.4. The number of para-hydroxylation sites is 1. The highest BCUT2D eigenvalue weighted by atomic mass is 19.1. The number of benzene rings is 2. The van der Waals surface area contributed by atoms with Gasteiger partial charge in [0.25, 0.3) is 0 Å². The highest BCUT2D eigenvalue weighted by molar-refractivity contribution is 5.94. The van der Waals surface area contributed by atoms with Crippen LogP contribution in [0.3, 0.4) is 0 Å². The van der Waals surface area contributed by atoms with Crippen molar-refractivity contribution in [3.05, 3.63) is 71.6 Å². The molecule has 4 heteroatoms. The number of nitrogens with zero attached hydrogens (tertiary/aromatic N) is 2. The minimum atomic E-state index is -0.223. The lowest BCUT2D eigenvalue weighted by molar-refractivity contribution is 0.210. The Hall–Kier alpha value is -2.62. The monoisotopic (exact) mass is 322 g/mol. The Bertz CT molecular complexity index is 798. The van der Waals surface area contributed by atoms with Gasteiger partial charge in [-0.1, -0.05) is 36.4 Å². The summed E-state index contributed by atoms with van der Waals surface area (Å²) in [5, 5.41) is 0. The first kappa shape index (κ1) is 14.9. The molecule has 0 spiro atoms. The summed E-state index contributed by atoms with van der Waals surface area (Å²) in [6, 6.07) is 14.7. The van der Waals surface area contributed by atoms with Crippen molar-refractivity contribution in [2.75, 3.05) is 24.5 Å². The normalized spacial score (nSPS) is 16.8. The quantitative estimate of drug-likeness (QED) is 0.775. The maximum Gasteiger partial charge on any atom is 0.324 e. The SMILES string of the molecule is O=C(N1CC=C(c2ccc(F)cc2)CC1)N1CCc2ccccc21. The van der Waals surface area contributed by atoms with Crippen LogP contribution in [-0.4, -0.2) is 30.6 Å². The average Bonchev–Trinajstić information content (AvgIpc) is 3.06. The van der Waals surface area contributed by atoms with Crippen LogP contribution >= 0.6 is 0 Å². The van der Waals surface area contributed by atoms with Gasteiger partial charge >= 0.3 is 6.03 Å². The van der Waals surface area contributed by atoms with Crippen molar-refractivity contribution in [1.29, 1.82) is 0 Å². The predicted octanol–water partition coefficient (Wildman–Crippen LogP) is 4.10. The van der Waals surface area contributed by atoms with E-state index in [1.165, 1.54) is 23.3 Å². The van der Waals surface area contributed by atoms with E-state index in [1.807, 2.05) is 28.0 Å². The fraction of sp³-hybridized carbons (Fsp3) is 0.250. The Morgan fingerprint density at radius 1 is 0.958 bits per heavy atom. The van der Waals surface area contributed by atoms with Gasteiger partial charge in [-0.15, -0.1) is 0 Å². The molecule has 0 fully saturated rings. The number of amides is 2. The van der Waals surface area contributed by atoms with Gasteiger partial charge in [-0.25, -0.2) is 9.18 Å². The third kappa shape index (κ3) is 2.68. The number of rotatable bonds is 1. The molecule has 24 heavy (non-hydrogen) atoms. The van der Waals surface area contributed by atoms with E-state index in [4.69, 9.17) is 0 Å². The zero-order valence-electron chi connectivity index (χ0n) is 13.4. The second-order valence-electron chi connectivity index (χ2n) is 6.25. The maximum atomic E-state index is 13.0. The van der Waals surface area contributed by atoms with Gasteiger partial charge < -0.3 is 4.90 Å². The second kappa shape index (κ2) is 6.11. The summed E-state index contributed by atoms with van der Waals surface area (Å²) in [4.78, 5) is 16.6. The Labute approximate surface area is 141 Å². The van der Waals surface area contributed by atoms with Gasteiger partial charge in [0.1, 0.15) is 5.82 Å². The van der Waals surface area contributed by atoms with Crippen LogP contribution in [0.5, 0.6) is 0 Å². The molecule has 2 heterocycles. The molecule has 3 nitrogen and oxygen atoms in total. The lowest BCUT2D eigenvalue weighted by Gasteiger charge is -2.31. The van der Waals surface area contributed by atoms with Crippen molar-refractivity contribution in [3.63, 3.8) is 0 Å². The summed E-state index contributed by atoms with van der Waals surface area (Å²) in [5.41, 5.74) is 4.50. The minimum Gasteiger partial charge on any atom is -0.320 e. The summed E-state index contributed by atoms with van der Waals surface area (Å²) in [5.74, 6) is -0.223. The number of carbonyl (C=O) groups excluding carboxylic acids is 1. The van der Waals surface area contributed by atoms with Gasteiger partial charge in [-0.3, -0.25) is 4.90 Å². The Morgan fingerprint density at radius 2 is 1.75 bits per heavy atom. The fourth-order valence-corrected chi connectivity index (χ4v) is 3.48. The van der Waals surface area contributed by atoms with Crippen molar-refractivity contribution in [2.24, 2.45) is 0 Å². The van der Waals surface area contributed by atoms with Crippen LogP contribution in [0, 0.1) is 5.82 Å². The van der Waals surface area contributed by atoms with Crippen LogP contribution in [0.15, 0.2) is 54.6 Å². The average molecular weight is 322 g/mol. The van der Waals surface area contributed by atoms with Gasteiger partial charge in [0.15, 0.2) is 0 Å². The molecule has 122 valence electrons. The van der Waals surface area contributed by atoms with Crippen LogP contribution in [-0.2, 0) is 6.42 Å². The molecule has 0 radical (unpaired) electrons. The minimum absolute atomic E-state index is 0.0781. The summed E-state index contributed by atoms with van der Waals surface area (Å²) in [6.45, 7) is 2.05. The standard InChI is InChI=1S/C20H19FN2O/c21-18-7-5-15(6-8-18)16-9-12-22(13-10-16)20(24)23-14-11-17-3-1-2-4-19(17)23/h1-9H,10-14H2. The zero-order chi connectivity index (χ0) is 16.5. The second-order valence-corrected chi connectivity index (χ2v) is 6.25. The molecule has 2 aromatic carbocycles. The van der Waals surface area contributed by atoms with Crippen molar-refractivity contribution in [2.45, 2.75) is 12.8 Å². The topological polar surface area (TPSA) is 23.6 Å². The third-order valence-corrected chi connectivity index (χ3v) is 4.81. The van der Waals surface area contributed by atoms with Crippen molar-refractivity contribution in [3.8, 4) is 0 Å². The number of urea groups is 1. The molecule has 2 aliphatic heterocycles. The van der Waals surface area contributed by atoms with Gasteiger partial charge in [0.05, 0.1) is 0 Å². The molecule has 0 unspecified atom stereocenters. The van der Waals surface area contributed by atoms with Crippen molar-refractivity contribution in [1.82, 2.24) is 4.90 Å². The summed E-state index contributed by atoms with van der Waals surface area (Å²) >= 11 is 0. The molecule has 2 aromatic rings. The van der Waals surface area contributed by atoms with Crippen molar-refractivity contribution >= 4 is 17.3 Å². The molecule has 0 aromatic heterocycles. The van der Waals surface area contributed by atoms with Crippen LogP contribution in [0.25, 0.3) is 5.57 Å². The highest BCUT2D eigenvalue weighted by Gasteiger charge is 2.28. The molecule has 0 saturated carbocycles. The van der Waals surface area contributed by atoms with E-state index in [1.54, 1.807) is 12.1 Å². The fourth-order valence-electron chi connectivity index (χ4n) is 3.48. The van der Waals surface area contributed by atoms with E-state index in [0.717, 1.165) is 30.6 Å². The van der Waals surface area contributed by atoms with Crippen LogP contribution in [0.4, 0.5) is 14.9 Å². The van der Waals surface area contributed by atoms with Gasteiger partial charge in [0, 0.05) is 25.3 Å². The molecule has 0 saturated heterocycles. The van der Waals surface area contributed by atoms with E-state index < -0.39 is 0 Å². The largest absolute Gasteiger partial charge is 0.324 e. The van der Waals surface area contributed by atoms with Crippen molar-refractivity contribution < 1.29 is 9.18 Å². The first-order valence-corrected chi connectivity index (χ1v) is 8.32. The van der Waals surface area contributed by atoms with Gasteiger partial charge in [0.2, 0.25) is 0 Å². The van der Waals surface area contributed by atoms with Crippen LogP contribution in [0.2, 0.25) is 0 Å². The molecular formula is C20H19FN2O. The van der Waals surface area contributed by atoms with Gasteiger partial charge in [-0.05, 0) is 47.7 Å². The molecule has 0 aliphatic carbocycles. The van der Waals surface area contributed by atoms with E-state index in [0.29, 0.717) is 13.1 Å². The summed E-state index contributed by atoms with van der Waals surface area (Å²) < 4.78 is 13.0. The molecule has 0 bridgehead atoms. The molecule has 2 aliphatic rings. The van der Waals surface area contributed by atoms with E-state index in [2.05, 4.69) is 12.1 Å². The molecule has 0 atom stereocenters. The first-order chi connectivity index (χ1) is 11.7. The molecule has 0 N–H and O–H groups in total. The Morgan fingerprint density at radius 3 is 2.50 bits per heavy atom. The molecule has 2 amide bonds. The summed E-state index contributed by atoms with van der Waals surface area (Å²) in [6.07, 6.45) is 3.80. The number of anilines is 1.